The molecule has 1 aliphatic carbocycles. The Hall–Kier alpha value is -1.40. The number of alkyl halides is 2. The summed E-state index contributed by atoms with van der Waals surface area (Å²) in [5, 5.41) is 11.4. The fraction of sp³-hybridized carbons (Fsp3) is 0.833. The van der Waals surface area contributed by atoms with Gasteiger partial charge in [0.25, 0.3) is 0 Å². The first kappa shape index (κ1) is 15.7. The molecule has 0 radical (unpaired) electrons. The van der Waals surface area contributed by atoms with Gasteiger partial charge in [0.05, 0.1) is 5.41 Å². The minimum atomic E-state index is -2.91. The Morgan fingerprint density at radius 3 is 2.21 bits per heavy atom. The lowest BCUT2D eigenvalue weighted by molar-refractivity contribution is -0.194. The largest absolute Gasteiger partial charge is 0.481 e. The zero-order chi connectivity index (χ0) is 14.9. The number of aliphatic carboxylic acids is 1. The number of hydrogen-bond acceptors (Lipinski definition) is 3. The monoisotopic (exact) mass is 279 g/mol. The molecule has 0 bridgehead atoms. The first-order valence-electron chi connectivity index (χ1n) is 6.04. The van der Waals surface area contributed by atoms with E-state index in [1.165, 1.54) is 0 Å². The van der Waals surface area contributed by atoms with Gasteiger partial charge in [0, 0.05) is 19.4 Å². The van der Waals surface area contributed by atoms with Crippen molar-refractivity contribution in [3.63, 3.8) is 0 Å². The molecule has 1 amide bonds. The number of carboxylic acids is 1. The Balaban J connectivity index is 2.40. The lowest BCUT2D eigenvalue weighted by atomic mass is 9.64. The highest BCUT2D eigenvalue weighted by Gasteiger charge is 2.60. The Kier molecular flexibility index (Phi) is 4.07. The highest BCUT2D eigenvalue weighted by atomic mass is 19.3. The van der Waals surface area contributed by atoms with Crippen LogP contribution in [-0.2, 0) is 9.53 Å². The summed E-state index contributed by atoms with van der Waals surface area (Å²) in [4.78, 5) is 22.3. The highest BCUT2D eigenvalue weighted by Crippen LogP contribution is 2.54. The molecule has 1 rings (SSSR count). The molecule has 0 heterocycles. The third kappa shape index (κ3) is 4.33. The minimum absolute atomic E-state index is 0.00269. The van der Waals surface area contributed by atoms with Crippen LogP contribution in [0.5, 0.6) is 0 Å². The SMILES string of the molecule is CC(C)(C)OC(=O)NCCC1(C(=O)O)CC(F)(F)C1. The fourth-order valence-corrected chi connectivity index (χ4v) is 2.09. The van der Waals surface area contributed by atoms with Crippen molar-refractivity contribution in [1.29, 1.82) is 0 Å². The van der Waals surface area contributed by atoms with Crippen molar-refractivity contribution in [3.8, 4) is 0 Å². The maximum absolute atomic E-state index is 12.8. The van der Waals surface area contributed by atoms with E-state index in [2.05, 4.69) is 5.32 Å². The molecule has 1 aliphatic rings. The van der Waals surface area contributed by atoms with Gasteiger partial charge in [-0.25, -0.2) is 13.6 Å². The van der Waals surface area contributed by atoms with Crippen LogP contribution in [0.3, 0.4) is 0 Å². The predicted molar refractivity (Wildman–Crippen MR) is 63.1 cm³/mol. The summed E-state index contributed by atoms with van der Waals surface area (Å²) in [6.45, 7) is 5.07. The standard InChI is InChI=1S/C12H19F2NO4/c1-10(2,3)19-9(18)15-5-4-11(8(16)17)6-12(13,14)7-11/h4-7H2,1-3H3,(H,15,18)(H,16,17). The quantitative estimate of drug-likeness (QED) is 0.828. The van der Waals surface area contributed by atoms with Gasteiger partial charge in [0.2, 0.25) is 5.92 Å². The van der Waals surface area contributed by atoms with Crippen molar-refractivity contribution in [1.82, 2.24) is 5.32 Å². The Labute approximate surface area is 110 Å². The number of alkyl carbamates (subject to hydrolysis) is 1. The van der Waals surface area contributed by atoms with Gasteiger partial charge in [0.1, 0.15) is 5.60 Å². The molecular weight excluding hydrogens is 260 g/mol. The normalized spacial score (nSPS) is 20.3. The molecule has 0 atom stereocenters. The van der Waals surface area contributed by atoms with Gasteiger partial charge in [0.15, 0.2) is 0 Å². The molecule has 110 valence electrons. The summed E-state index contributed by atoms with van der Waals surface area (Å²) in [5.41, 5.74) is -2.09. The molecule has 1 fully saturated rings. The first-order chi connectivity index (χ1) is 8.46. The molecule has 1 saturated carbocycles. The Morgan fingerprint density at radius 1 is 1.32 bits per heavy atom. The molecule has 0 unspecified atom stereocenters. The van der Waals surface area contributed by atoms with Gasteiger partial charge in [-0.15, -0.1) is 0 Å². The number of rotatable bonds is 4. The van der Waals surface area contributed by atoms with Crippen LogP contribution in [0.25, 0.3) is 0 Å². The van der Waals surface area contributed by atoms with E-state index in [9.17, 15) is 18.4 Å². The van der Waals surface area contributed by atoms with Crippen LogP contribution in [-0.4, -0.2) is 35.2 Å². The summed E-state index contributed by atoms with van der Waals surface area (Å²) in [7, 11) is 0. The third-order valence-electron chi connectivity index (χ3n) is 2.92. The van der Waals surface area contributed by atoms with Crippen molar-refractivity contribution in [2.45, 2.75) is 51.6 Å². The van der Waals surface area contributed by atoms with Crippen molar-refractivity contribution in [3.05, 3.63) is 0 Å². The average Bonchev–Trinajstić information content (AvgIpc) is 2.10. The summed E-state index contributed by atoms with van der Waals surface area (Å²) in [6.07, 6.45) is -2.06. The number of halogens is 2. The van der Waals surface area contributed by atoms with Crippen molar-refractivity contribution in [2.75, 3.05) is 6.54 Å². The molecule has 0 aromatic heterocycles. The van der Waals surface area contributed by atoms with Crippen LogP contribution in [0, 0.1) is 5.41 Å². The average molecular weight is 279 g/mol. The number of carboxylic acid groups (broad SMARTS) is 1. The number of nitrogens with one attached hydrogen (secondary N) is 1. The molecule has 0 saturated heterocycles. The Bertz CT molecular complexity index is 368. The van der Waals surface area contributed by atoms with Gasteiger partial charge in [-0.1, -0.05) is 0 Å². The van der Waals surface area contributed by atoms with E-state index in [1.807, 2.05) is 0 Å². The van der Waals surface area contributed by atoms with Crippen LogP contribution >= 0.6 is 0 Å². The molecule has 19 heavy (non-hydrogen) atoms. The number of carbonyl (C=O) groups is 2. The van der Waals surface area contributed by atoms with E-state index < -0.39 is 41.8 Å². The van der Waals surface area contributed by atoms with E-state index in [0.29, 0.717) is 0 Å². The maximum Gasteiger partial charge on any atom is 0.407 e. The van der Waals surface area contributed by atoms with Gasteiger partial charge >= 0.3 is 12.1 Å². The van der Waals surface area contributed by atoms with Crippen molar-refractivity contribution in [2.24, 2.45) is 5.41 Å². The van der Waals surface area contributed by atoms with E-state index in [-0.39, 0.29) is 13.0 Å². The van der Waals surface area contributed by atoms with E-state index in [4.69, 9.17) is 9.84 Å². The number of ether oxygens (including phenoxy) is 1. The number of amides is 1. The zero-order valence-corrected chi connectivity index (χ0v) is 11.3. The maximum atomic E-state index is 12.8. The van der Waals surface area contributed by atoms with Gasteiger partial charge in [-0.05, 0) is 27.2 Å². The number of carbonyl (C=O) groups excluding carboxylic acids is 1. The van der Waals surface area contributed by atoms with E-state index in [1.54, 1.807) is 20.8 Å². The second-order valence-corrected chi connectivity index (χ2v) is 5.97. The molecule has 2 N–H and O–H groups in total. The highest BCUT2D eigenvalue weighted by molar-refractivity contribution is 5.76. The number of hydrogen-bond donors (Lipinski definition) is 2. The second kappa shape index (κ2) is 4.94. The van der Waals surface area contributed by atoms with Crippen LogP contribution in [0.4, 0.5) is 13.6 Å². The second-order valence-electron chi connectivity index (χ2n) is 5.97. The van der Waals surface area contributed by atoms with Crippen molar-refractivity contribution < 1.29 is 28.2 Å². The zero-order valence-electron chi connectivity index (χ0n) is 11.3. The molecule has 7 heteroatoms. The molecule has 0 aromatic rings. The van der Waals surface area contributed by atoms with Crippen LogP contribution in [0.1, 0.15) is 40.0 Å². The third-order valence-corrected chi connectivity index (χ3v) is 2.92. The summed E-state index contributed by atoms with van der Waals surface area (Å²) in [6, 6.07) is 0. The lowest BCUT2D eigenvalue weighted by Crippen LogP contribution is -2.52. The summed E-state index contributed by atoms with van der Waals surface area (Å²) < 4.78 is 30.6. The molecule has 0 aromatic carbocycles. The predicted octanol–water partition coefficient (Wildman–Crippen LogP) is 2.40. The topological polar surface area (TPSA) is 75.6 Å². The molecule has 0 aliphatic heterocycles. The molecule has 0 spiro atoms. The van der Waals surface area contributed by atoms with Crippen molar-refractivity contribution >= 4 is 12.1 Å². The first-order valence-corrected chi connectivity index (χ1v) is 6.04. The van der Waals surface area contributed by atoms with Crippen LogP contribution in [0.15, 0.2) is 0 Å². The van der Waals surface area contributed by atoms with Gasteiger partial charge in [-0.3, -0.25) is 4.79 Å². The summed E-state index contributed by atoms with van der Waals surface area (Å²) in [5.74, 6) is -4.16. The van der Waals surface area contributed by atoms with E-state index >= 15 is 0 Å². The fourth-order valence-electron chi connectivity index (χ4n) is 2.09. The van der Waals surface area contributed by atoms with Crippen LogP contribution in [0.2, 0.25) is 0 Å². The van der Waals surface area contributed by atoms with Gasteiger partial charge in [-0.2, -0.15) is 0 Å². The molecule has 5 nitrogen and oxygen atoms in total. The minimum Gasteiger partial charge on any atom is -0.481 e. The van der Waals surface area contributed by atoms with Crippen LogP contribution < -0.4 is 5.32 Å². The van der Waals surface area contributed by atoms with E-state index in [0.717, 1.165) is 0 Å². The summed E-state index contributed by atoms with van der Waals surface area (Å²) >= 11 is 0. The smallest absolute Gasteiger partial charge is 0.407 e. The Morgan fingerprint density at radius 2 is 1.84 bits per heavy atom. The van der Waals surface area contributed by atoms with Gasteiger partial charge < -0.3 is 15.2 Å². The lowest BCUT2D eigenvalue weighted by Gasteiger charge is -2.44. The molecular formula is C12H19F2NO4.